The fraction of sp³-hybridized carbons (Fsp3) is 0.700. The average molecular weight is 222 g/mol. The van der Waals surface area contributed by atoms with Gasteiger partial charge in [-0.3, -0.25) is 4.79 Å². The summed E-state index contributed by atoms with van der Waals surface area (Å²) in [5, 5.41) is 0. The van der Waals surface area contributed by atoms with Crippen molar-refractivity contribution in [3.63, 3.8) is 0 Å². The fourth-order valence-corrected chi connectivity index (χ4v) is 1.12. The summed E-state index contributed by atoms with van der Waals surface area (Å²) in [6.07, 6.45) is 2.69. The molecule has 0 aliphatic heterocycles. The number of carbonyl (C=O) groups excluding carboxylic acids is 1. The van der Waals surface area contributed by atoms with Crippen molar-refractivity contribution < 1.29 is 9.53 Å². The summed E-state index contributed by atoms with van der Waals surface area (Å²) in [7, 11) is 0. The van der Waals surface area contributed by atoms with E-state index in [1.165, 1.54) is 6.20 Å². The third-order valence-electron chi connectivity index (χ3n) is 1.58. The van der Waals surface area contributed by atoms with E-state index in [2.05, 4.69) is 13.8 Å². The van der Waals surface area contributed by atoms with Crippen LogP contribution in [0.2, 0.25) is 0 Å². The Morgan fingerprint density at radius 3 is 2.43 bits per heavy atom. The Balaban J connectivity index is 0. The summed E-state index contributed by atoms with van der Waals surface area (Å²) in [4.78, 5) is 11.1. The smallest absolute Gasteiger partial charge is 0.309 e. The van der Waals surface area contributed by atoms with Gasteiger partial charge in [0.25, 0.3) is 0 Å². The second-order valence-corrected chi connectivity index (χ2v) is 3.40. The number of rotatable bonds is 5. The van der Waals surface area contributed by atoms with Crippen molar-refractivity contribution in [2.24, 2.45) is 11.7 Å². The molecular weight excluding hydrogens is 202 g/mol. The van der Waals surface area contributed by atoms with Crippen LogP contribution in [0.1, 0.15) is 33.6 Å². The third-order valence-corrected chi connectivity index (χ3v) is 1.58. The number of esters is 1. The third kappa shape index (κ3) is 7.92. The molecule has 0 atom stereocenters. The first-order valence-corrected chi connectivity index (χ1v) is 4.65. The van der Waals surface area contributed by atoms with Gasteiger partial charge in [-0.15, -0.1) is 12.4 Å². The van der Waals surface area contributed by atoms with Crippen LogP contribution in [0.5, 0.6) is 0 Å². The molecule has 0 aromatic carbocycles. The molecule has 3 nitrogen and oxygen atoms in total. The number of hydrogen-bond acceptors (Lipinski definition) is 3. The first-order valence-electron chi connectivity index (χ1n) is 4.65. The molecule has 0 spiro atoms. The highest BCUT2D eigenvalue weighted by Gasteiger charge is 2.07. The lowest BCUT2D eigenvalue weighted by Crippen LogP contribution is -2.07. The highest BCUT2D eigenvalue weighted by molar-refractivity contribution is 5.85. The van der Waals surface area contributed by atoms with E-state index in [1.54, 1.807) is 6.92 Å². The molecule has 0 bridgehead atoms. The van der Waals surface area contributed by atoms with E-state index in [0.717, 1.165) is 12.0 Å². The predicted octanol–water partition coefficient (Wildman–Crippen LogP) is 2.25. The Morgan fingerprint density at radius 1 is 1.50 bits per heavy atom. The summed E-state index contributed by atoms with van der Waals surface area (Å²) >= 11 is 0. The highest BCUT2D eigenvalue weighted by Crippen LogP contribution is 2.13. The Labute approximate surface area is 92.1 Å². The zero-order valence-electron chi connectivity index (χ0n) is 9.08. The zero-order valence-corrected chi connectivity index (χ0v) is 9.89. The van der Waals surface area contributed by atoms with Crippen LogP contribution >= 0.6 is 12.4 Å². The predicted molar refractivity (Wildman–Crippen MR) is 60.2 cm³/mol. The maximum absolute atomic E-state index is 11.1. The maximum Gasteiger partial charge on any atom is 0.309 e. The van der Waals surface area contributed by atoms with Crippen molar-refractivity contribution in [3.05, 3.63) is 11.8 Å². The molecular formula is C10H20ClNO2. The molecule has 0 aromatic heterocycles. The molecule has 0 heterocycles. The molecule has 0 aromatic rings. The number of carbonyl (C=O) groups is 1. The van der Waals surface area contributed by atoms with Gasteiger partial charge < -0.3 is 10.5 Å². The molecule has 0 amide bonds. The van der Waals surface area contributed by atoms with Gasteiger partial charge in [-0.2, -0.15) is 0 Å². The molecule has 0 unspecified atom stereocenters. The topological polar surface area (TPSA) is 52.3 Å². The van der Waals surface area contributed by atoms with Crippen molar-refractivity contribution in [2.45, 2.75) is 33.6 Å². The van der Waals surface area contributed by atoms with Crippen molar-refractivity contribution in [3.8, 4) is 0 Å². The minimum absolute atomic E-state index is 0. The van der Waals surface area contributed by atoms with Gasteiger partial charge in [0, 0.05) is 0 Å². The Morgan fingerprint density at radius 2 is 2.07 bits per heavy atom. The standard InChI is InChI=1S/C10H19NO2.ClH/c1-4-13-10(12)6-9(7-11)5-8(2)3;/h7-8H,4-6,11H2,1-3H3;1H. The molecule has 4 heteroatoms. The van der Waals surface area contributed by atoms with E-state index in [0.29, 0.717) is 18.9 Å². The summed E-state index contributed by atoms with van der Waals surface area (Å²) in [5.74, 6) is 0.323. The molecule has 0 aliphatic rings. The van der Waals surface area contributed by atoms with Crippen LogP contribution in [0.4, 0.5) is 0 Å². The second kappa shape index (κ2) is 8.88. The van der Waals surface area contributed by atoms with E-state index >= 15 is 0 Å². The van der Waals surface area contributed by atoms with Crippen molar-refractivity contribution in [2.75, 3.05) is 6.61 Å². The van der Waals surface area contributed by atoms with E-state index in [9.17, 15) is 4.79 Å². The second-order valence-electron chi connectivity index (χ2n) is 3.40. The molecule has 0 rings (SSSR count). The fourth-order valence-electron chi connectivity index (χ4n) is 1.12. The van der Waals surface area contributed by atoms with Gasteiger partial charge in [-0.25, -0.2) is 0 Å². The van der Waals surface area contributed by atoms with E-state index in [4.69, 9.17) is 10.5 Å². The number of ether oxygens (including phenoxy) is 1. The van der Waals surface area contributed by atoms with Gasteiger partial charge >= 0.3 is 5.97 Å². The minimum Gasteiger partial charge on any atom is -0.466 e. The van der Waals surface area contributed by atoms with Gasteiger partial charge in [0.05, 0.1) is 13.0 Å². The first-order chi connectivity index (χ1) is 6.10. The average Bonchev–Trinajstić information content (AvgIpc) is 2.02. The van der Waals surface area contributed by atoms with Gasteiger partial charge in [0.2, 0.25) is 0 Å². The van der Waals surface area contributed by atoms with Gasteiger partial charge in [0.1, 0.15) is 0 Å². The summed E-state index contributed by atoms with van der Waals surface area (Å²) in [5.41, 5.74) is 6.35. The number of nitrogens with two attached hydrogens (primary N) is 1. The van der Waals surface area contributed by atoms with Crippen LogP contribution in [-0.2, 0) is 9.53 Å². The van der Waals surface area contributed by atoms with E-state index < -0.39 is 0 Å². The molecule has 84 valence electrons. The Kier molecular flexibility index (Phi) is 9.99. The Bertz CT molecular complexity index is 191. The first kappa shape index (κ1) is 15.8. The van der Waals surface area contributed by atoms with Gasteiger partial charge in [-0.05, 0) is 31.0 Å². The highest BCUT2D eigenvalue weighted by atomic mass is 35.5. The van der Waals surface area contributed by atoms with E-state index in [-0.39, 0.29) is 18.4 Å². The summed E-state index contributed by atoms with van der Waals surface area (Å²) in [6.45, 7) is 6.41. The van der Waals surface area contributed by atoms with Crippen molar-refractivity contribution in [1.29, 1.82) is 0 Å². The largest absolute Gasteiger partial charge is 0.466 e. The lowest BCUT2D eigenvalue weighted by atomic mass is 10.0. The molecule has 0 radical (unpaired) electrons. The summed E-state index contributed by atoms with van der Waals surface area (Å²) < 4.78 is 4.82. The summed E-state index contributed by atoms with van der Waals surface area (Å²) in [6, 6.07) is 0. The van der Waals surface area contributed by atoms with Crippen LogP contribution in [0, 0.1) is 5.92 Å². The van der Waals surface area contributed by atoms with Crippen LogP contribution in [0.25, 0.3) is 0 Å². The molecule has 14 heavy (non-hydrogen) atoms. The zero-order chi connectivity index (χ0) is 10.3. The maximum atomic E-state index is 11.1. The SMILES string of the molecule is CCOC(=O)CC(=CN)CC(C)C.Cl. The quantitative estimate of drug-likeness (QED) is 0.725. The molecule has 0 fully saturated rings. The Hall–Kier alpha value is -0.700. The van der Waals surface area contributed by atoms with Gasteiger partial charge in [0.15, 0.2) is 0 Å². The van der Waals surface area contributed by atoms with Crippen LogP contribution in [0.15, 0.2) is 11.8 Å². The molecule has 0 saturated carbocycles. The van der Waals surface area contributed by atoms with Gasteiger partial charge in [-0.1, -0.05) is 13.8 Å². The lowest BCUT2D eigenvalue weighted by molar-refractivity contribution is -0.142. The van der Waals surface area contributed by atoms with Crippen LogP contribution in [0.3, 0.4) is 0 Å². The van der Waals surface area contributed by atoms with Crippen LogP contribution < -0.4 is 5.73 Å². The normalized spacial score (nSPS) is 11.0. The number of halogens is 1. The van der Waals surface area contributed by atoms with Crippen molar-refractivity contribution >= 4 is 18.4 Å². The van der Waals surface area contributed by atoms with Crippen LogP contribution in [-0.4, -0.2) is 12.6 Å². The molecule has 2 N–H and O–H groups in total. The lowest BCUT2D eigenvalue weighted by Gasteiger charge is -2.08. The van der Waals surface area contributed by atoms with E-state index in [1.807, 2.05) is 0 Å². The van der Waals surface area contributed by atoms with Crippen molar-refractivity contribution in [1.82, 2.24) is 0 Å². The number of hydrogen-bond donors (Lipinski definition) is 1. The molecule has 0 saturated heterocycles. The molecule has 0 aliphatic carbocycles. The minimum atomic E-state index is -0.195. The monoisotopic (exact) mass is 221 g/mol.